The second-order valence-electron chi connectivity index (χ2n) is 4.10. The first-order valence-electron chi connectivity index (χ1n) is 4.37. The standard InChI is InChI=1S/C9H16F2/c1-7(2)5-9(10,11)6-8-3-4-8/h7-8H,3-6H2,1-2H3. The Bertz CT molecular complexity index is 120. The Morgan fingerprint density at radius 1 is 1.36 bits per heavy atom. The van der Waals surface area contributed by atoms with Gasteiger partial charge in [-0.2, -0.15) is 0 Å². The van der Waals surface area contributed by atoms with Crippen LogP contribution in [0.25, 0.3) is 0 Å². The summed E-state index contributed by atoms with van der Waals surface area (Å²) in [6.45, 7) is 3.70. The van der Waals surface area contributed by atoms with Gasteiger partial charge in [0.25, 0.3) is 0 Å². The van der Waals surface area contributed by atoms with E-state index in [-0.39, 0.29) is 18.8 Å². The van der Waals surface area contributed by atoms with E-state index in [1.807, 2.05) is 13.8 Å². The molecule has 0 radical (unpaired) electrons. The zero-order valence-electron chi connectivity index (χ0n) is 7.24. The Kier molecular flexibility index (Phi) is 2.50. The van der Waals surface area contributed by atoms with Crippen LogP contribution in [0.15, 0.2) is 0 Å². The van der Waals surface area contributed by atoms with Crippen molar-refractivity contribution in [3.63, 3.8) is 0 Å². The van der Waals surface area contributed by atoms with Crippen LogP contribution in [0.4, 0.5) is 8.78 Å². The van der Waals surface area contributed by atoms with Gasteiger partial charge in [-0.15, -0.1) is 0 Å². The van der Waals surface area contributed by atoms with Crippen LogP contribution in [0.5, 0.6) is 0 Å². The van der Waals surface area contributed by atoms with Crippen LogP contribution in [-0.2, 0) is 0 Å². The molecule has 0 aromatic heterocycles. The minimum Gasteiger partial charge on any atom is -0.207 e. The minimum atomic E-state index is -2.39. The first-order chi connectivity index (χ1) is 4.99. The Balaban J connectivity index is 2.24. The van der Waals surface area contributed by atoms with Crippen molar-refractivity contribution in [2.75, 3.05) is 0 Å². The molecule has 0 nitrogen and oxygen atoms in total. The molecule has 0 aromatic carbocycles. The molecule has 0 aromatic rings. The first kappa shape index (κ1) is 8.95. The number of rotatable bonds is 4. The summed E-state index contributed by atoms with van der Waals surface area (Å²) in [7, 11) is 0. The molecule has 2 heteroatoms. The summed E-state index contributed by atoms with van der Waals surface area (Å²) >= 11 is 0. The van der Waals surface area contributed by atoms with Crippen LogP contribution in [0.1, 0.15) is 39.5 Å². The largest absolute Gasteiger partial charge is 0.248 e. The third kappa shape index (κ3) is 3.68. The van der Waals surface area contributed by atoms with E-state index in [1.165, 1.54) is 0 Å². The van der Waals surface area contributed by atoms with E-state index in [1.54, 1.807) is 0 Å². The van der Waals surface area contributed by atoms with Crippen molar-refractivity contribution in [2.45, 2.75) is 45.5 Å². The molecule has 1 fully saturated rings. The van der Waals surface area contributed by atoms with E-state index in [9.17, 15) is 8.78 Å². The van der Waals surface area contributed by atoms with E-state index in [0.717, 1.165) is 12.8 Å². The van der Waals surface area contributed by atoms with Gasteiger partial charge >= 0.3 is 0 Å². The average molecular weight is 162 g/mol. The highest BCUT2D eigenvalue weighted by Crippen LogP contribution is 2.41. The Labute approximate surface area is 67.0 Å². The van der Waals surface area contributed by atoms with Crippen molar-refractivity contribution >= 4 is 0 Å². The van der Waals surface area contributed by atoms with Crippen molar-refractivity contribution in [3.05, 3.63) is 0 Å². The second kappa shape index (κ2) is 3.08. The van der Waals surface area contributed by atoms with E-state index >= 15 is 0 Å². The third-order valence-electron chi connectivity index (χ3n) is 1.99. The zero-order chi connectivity index (χ0) is 8.48. The van der Waals surface area contributed by atoms with Gasteiger partial charge in [0.15, 0.2) is 0 Å². The number of hydrogen-bond donors (Lipinski definition) is 0. The molecule has 0 aliphatic heterocycles. The first-order valence-corrected chi connectivity index (χ1v) is 4.37. The van der Waals surface area contributed by atoms with Crippen molar-refractivity contribution in [2.24, 2.45) is 11.8 Å². The topological polar surface area (TPSA) is 0 Å². The number of hydrogen-bond acceptors (Lipinski definition) is 0. The van der Waals surface area contributed by atoms with Crippen LogP contribution in [0.3, 0.4) is 0 Å². The molecule has 66 valence electrons. The molecule has 1 aliphatic carbocycles. The van der Waals surface area contributed by atoms with Crippen LogP contribution >= 0.6 is 0 Å². The summed E-state index contributed by atoms with van der Waals surface area (Å²) < 4.78 is 25.9. The number of alkyl halides is 2. The molecular weight excluding hydrogens is 146 g/mol. The van der Waals surface area contributed by atoms with E-state index < -0.39 is 5.92 Å². The third-order valence-corrected chi connectivity index (χ3v) is 1.99. The summed E-state index contributed by atoms with van der Waals surface area (Å²) in [5.74, 6) is -1.94. The van der Waals surface area contributed by atoms with Gasteiger partial charge < -0.3 is 0 Å². The molecule has 0 unspecified atom stereocenters. The van der Waals surface area contributed by atoms with Gasteiger partial charge in [0.2, 0.25) is 5.92 Å². The van der Waals surface area contributed by atoms with Gasteiger partial charge in [0.1, 0.15) is 0 Å². The fraction of sp³-hybridized carbons (Fsp3) is 1.00. The Hall–Kier alpha value is -0.140. The smallest absolute Gasteiger partial charge is 0.207 e. The lowest BCUT2D eigenvalue weighted by atomic mass is 10.0. The molecule has 0 amide bonds. The fourth-order valence-corrected chi connectivity index (χ4v) is 1.42. The van der Waals surface area contributed by atoms with Crippen molar-refractivity contribution in [3.8, 4) is 0 Å². The molecule has 11 heavy (non-hydrogen) atoms. The Morgan fingerprint density at radius 3 is 2.27 bits per heavy atom. The van der Waals surface area contributed by atoms with Crippen molar-refractivity contribution in [1.29, 1.82) is 0 Å². The lowest BCUT2D eigenvalue weighted by Gasteiger charge is -2.17. The molecule has 1 saturated carbocycles. The summed E-state index contributed by atoms with van der Waals surface area (Å²) in [4.78, 5) is 0. The van der Waals surface area contributed by atoms with Crippen molar-refractivity contribution in [1.82, 2.24) is 0 Å². The van der Waals surface area contributed by atoms with E-state index in [2.05, 4.69) is 0 Å². The summed E-state index contributed by atoms with van der Waals surface area (Å²) in [5.41, 5.74) is 0. The molecule has 0 spiro atoms. The molecule has 0 saturated heterocycles. The van der Waals surface area contributed by atoms with Gasteiger partial charge in [0.05, 0.1) is 0 Å². The molecule has 0 heterocycles. The fourth-order valence-electron chi connectivity index (χ4n) is 1.42. The predicted molar refractivity (Wildman–Crippen MR) is 41.7 cm³/mol. The lowest BCUT2D eigenvalue weighted by Crippen LogP contribution is -2.19. The number of halogens is 2. The summed E-state index contributed by atoms with van der Waals surface area (Å²) in [6, 6.07) is 0. The quantitative estimate of drug-likeness (QED) is 0.593. The van der Waals surface area contributed by atoms with Crippen LogP contribution < -0.4 is 0 Å². The van der Waals surface area contributed by atoms with Gasteiger partial charge in [-0.3, -0.25) is 0 Å². The van der Waals surface area contributed by atoms with E-state index in [4.69, 9.17) is 0 Å². The van der Waals surface area contributed by atoms with E-state index in [0.29, 0.717) is 5.92 Å². The zero-order valence-corrected chi connectivity index (χ0v) is 7.24. The predicted octanol–water partition coefficient (Wildman–Crippen LogP) is 3.47. The maximum absolute atomic E-state index is 13.0. The summed E-state index contributed by atoms with van der Waals surface area (Å²) in [5, 5.41) is 0. The maximum Gasteiger partial charge on any atom is 0.248 e. The highest BCUT2D eigenvalue weighted by molar-refractivity contribution is 4.81. The molecule has 0 atom stereocenters. The Morgan fingerprint density at radius 2 is 1.91 bits per heavy atom. The highest BCUT2D eigenvalue weighted by atomic mass is 19.3. The lowest BCUT2D eigenvalue weighted by molar-refractivity contribution is -0.0319. The van der Waals surface area contributed by atoms with Crippen molar-refractivity contribution < 1.29 is 8.78 Å². The molecule has 0 bridgehead atoms. The molecule has 1 rings (SSSR count). The van der Waals surface area contributed by atoms with Gasteiger partial charge in [-0.25, -0.2) is 8.78 Å². The van der Waals surface area contributed by atoms with Gasteiger partial charge in [0, 0.05) is 12.8 Å². The van der Waals surface area contributed by atoms with Crippen LogP contribution in [0.2, 0.25) is 0 Å². The van der Waals surface area contributed by atoms with Gasteiger partial charge in [-0.05, 0) is 24.7 Å². The monoisotopic (exact) mass is 162 g/mol. The molecular formula is C9H16F2. The average Bonchev–Trinajstić information content (AvgIpc) is 2.43. The maximum atomic E-state index is 13.0. The normalized spacial score (nSPS) is 19.4. The summed E-state index contributed by atoms with van der Waals surface area (Å²) in [6.07, 6.45) is 2.23. The van der Waals surface area contributed by atoms with Crippen LogP contribution in [0, 0.1) is 11.8 Å². The second-order valence-corrected chi connectivity index (χ2v) is 4.10. The van der Waals surface area contributed by atoms with Crippen LogP contribution in [-0.4, -0.2) is 5.92 Å². The molecule has 1 aliphatic rings. The van der Waals surface area contributed by atoms with Gasteiger partial charge in [-0.1, -0.05) is 13.8 Å². The SMILES string of the molecule is CC(C)CC(F)(F)CC1CC1. The minimum absolute atomic E-state index is 0.0590. The highest BCUT2D eigenvalue weighted by Gasteiger charge is 2.37. The molecule has 0 N–H and O–H groups in total.